The van der Waals surface area contributed by atoms with Crippen molar-refractivity contribution in [3.05, 3.63) is 46.5 Å². The smallest absolute Gasteiger partial charge is 0.254 e. The van der Waals surface area contributed by atoms with Crippen molar-refractivity contribution < 1.29 is 9.53 Å². The van der Waals surface area contributed by atoms with Gasteiger partial charge in [0.05, 0.1) is 6.61 Å². The van der Waals surface area contributed by atoms with Crippen molar-refractivity contribution in [2.75, 3.05) is 26.8 Å². The number of ether oxygens (including phenoxy) is 1. The van der Waals surface area contributed by atoms with E-state index in [4.69, 9.17) is 4.74 Å². The number of aryl methyl sites for hydroxylation is 1. The first-order valence-corrected chi connectivity index (χ1v) is 6.54. The quantitative estimate of drug-likeness (QED) is 0.756. The van der Waals surface area contributed by atoms with Crippen LogP contribution in [0.2, 0.25) is 0 Å². The number of methoxy groups -OCH3 is 1. The first-order valence-electron chi connectivity index (χ1n) is 5.75. The average Bonchev–Trinajstić information content (AvgIpc) is 2.37. The third-order valence-corrected chi connectivity index (χ3v) is 3.50. The molecule has 0 fully saturated rings. The summed E-state index contributed by atoms with van der Waals surface area (Å²) in [4.78, 5) is 14.0. The fourth-order valence-corrected chi connectivity index (χ4v) is 1.84. The topological polar surface area (TPSA) is 29.5 Å². The number of halogens is 1. The van der Waals surface area contributed by atoms with E-state index in [0.29, 0.717) is 25.3 Å². The lowest BCUT2D eigenvalue weighted by atomic mass is 10.1. The standard InChI is InChI=1S/C14H18BrNO2/c1-4-7-16(8-9-18-3)14(17)12-5-6-13(15)11(2)10-12/h4-6,10H,1,7-9H2,2-3H3. The Bertz CT molecular complexity index is 432. The highest BCUT2D eigenvalue weighted by Crippen LogP contribution is 2.18. The summed E-state index contributed by atoms with van der Waals surface area (Å²) in [5.74, 6) is 0.00236. The first-order chi connectivity index (χ1) is 8.60. The number of nitrogens with zero attached hydrogens (tertiary/aromatic N) is 1. The van der Waals surface area contributed by atoms with Crippen LogP contribution in [0.4, 0.5) is 0 Å². The minimum absolute atomic E-state index is 0.00236. The van der Waals surface area contributed by atoms with Gasteiger partial charge in [-0.15, -0.1) is 6.58 Å². The summed E-state index contributed by atoms with van der Waals surface area (Å²) in [5.41, 5.74) is 1.74. The van der Waals surface area contributed by atoms with Crippen molar-refractivity contribution in [3.8, 4) is 0 Å². The molecule has 1 aromatic carbocycles. The zero-order valence-corrected chi connectivity index (χ0v) is 12.4. The van der Waals surface area contributed by atoms with Crippen LogP contribution in [0.3, 0.4) is 0 Å². The highest BCUT2D eigenvalue weighted by molar-refractivity contribution is 9.10. The Hall–Kier alpha value is -1.13. The molecule has 1 rings (SSSR count). The summed E-state index contributed by atoms with van der Waals surface area (Å²) in [6.07, 6.45) is 1.72. The summed E-state index contributed by atoms with van der Waals surface area (Å²) in [6, 6.07) is 5.60. The number of rotatable bonds is 6. The van der Waals surface area contributed by atoms with Gasteiger partial charge in [-0.25, -0.2) is 0 Å². The van der Waals surface area contributed by atoms with E-state index < -0.39 is 0 Å². The van der Waals surface area contributed by atoms with Crippen LogP contribution in [0.15, 0.2) is 35.3 Å². The van der Waals surface area contributed by atoms with Gasteiger partial charge in [-0.05, 0) is 30.7 Å². The highest BCUT2D eigenvalue weighted by Gasteiger charge is 2.14. The van der Waals surface area contributed by atoms with Crippen molar-refractivity contribution in [3.63, 3.8) is 0 Å². The lowest BCUT2D eigenvalue weighted by molar-refractivity contribution is 0.0718. The Balaban J connectivity index is 2.86. The molecule has 1 aromatic rings. The largest absolute Gasteiger partial charge is 0.383 e. The first kappa shape index (κ1) is 14.9. The van der Waals surface area contributed by atoms with E-state index in [-0.39, 0.29) is 5.91 Å². The van der Waals surface area contributed by atoms with Crippen molar-refractivity contribution in [1.82, 2.24) is 4.90 Å². The van der Waals surface area contributed by atoms with E-state index in [9.17, 15) is 4.79 Å². The summed E-state index contributed by atoms with van der Waals surface area (Å²) >= 11 is 3.43. The number of carbonyl (C=O) groups excluding carboxylic acids is 1. The van der Waals surface area contributed by atoms with Gasteiger partial charge in [0.15, 0.2) is 0 Å². The van der Waals surface area contributed by atoms with Crippen molar-refractivity contribution in [1.29, 1.82) is 0 Å². The predicted octanol–water partition coefficient (Wildman–Crippen LogP) is 3.03. The molecule has 0 unspecified atom stereocenters. The molecule has 0 saturated heterocycles. The Morgan fingerprint density at radius 1 is 1.56 bits per heavy atom. The molecule has 0 heterocycles. The van der Waals surface area contributed by atoms with Crippen LogP contribution >= 0.6 is 15.9 Å². The van der Waals surface area contributed by atoms with Gasteiger partial charge in [0, 0.05) is 30.2 Å². The third-order valence-electron chi connectivity index (χ3n) is 2.61. The zero-order valence-electron chi connectivity index (χ0n) is 10.8. The second-order valence-corrected chi connectivity index (χ2v) is 4.85. The zero-order chi connectivity index (χ0) is 13.5. The van der Waals surface area contributed by atoms with Gasteiger partial charge < -0.3 is 9.64 Å². The minimum atomic E-state index is 0.00236. The molecule has 0 saturated carbocycles. The van der Waals surface area contributed by atoms with Crippen LogP contribution in [0, 0.1) is 6.92 Å². The number of carbonyl (C=O) groups is 1. The third kappa shape index (κ3) is 3.96. The highest BCUT2D eigenvalue weighted by atomic mass is 79.9. The molecule has 0 aliphatic carbocycles. The van der Waals surface area contributed by atoms with Crippen molar-refractivity contribution >= 4 is 21.8 Å². The van der Waals surface area contributed by atoms with Gasteiger partial charge in [0.25, 0.3) is 5.91 Å². The maximum absolute atomic E-state index is 12.3. The molecule has 0 aliphatic heterocycles. The monoisotopic (exact) mass is 311 g/mol. The second-order valence-electron chi connectivity index (χ2n) is 4.00. The SMILES string of the molecule is C=CCN(CCOC)C(=O)c1ccc(Br)c(C)c1. The molecule has 0 spiro atoms. The van der Waals surface area contributed by atoms with Gasteiger partial charge in [0.1, 0.15) is 0 Å². The Labute approximate surface area is 117 Å². The fraction of sp³-hybridized carbons (Fsp3) is 0.357. The lowest BCUT2D eigenvalue weighted by Gasteiger charge is -2.21. The number of amides is 1. The van der Waals surface area contributed by atoms with Gasteiger partial charge in [0.2, 0.25) is 0 Å². The Morgan fingerprint density at radius 3 is 2.83 bits per heavy atom. The van der Waals surface area contributed by atoms with Crippen molar-refractivity contribution in [2.45, 2.75) is 6.92 Å². The fourth-order valence-electron chi connectivity index (χ4n) is 1.59. The molecule has 0 aromatic heterocycles. The van der Waals surface area contributed by atoms with Gasteiger partial charge in [-0.3, -0.25) is 4.79 Å². The maximum Gasteiger partial charge on any atom is 0.254 e. The van der Waals surface area contributed by atoms with Gasteiger partial charge >= 0.3 is 0 Å². The van der Waals surface area contributed by atoms with Crippen LogP contribution in [0.5, 0.6) is 0 Å². The van der Waals surface area contributed by atoms with Crippen molar-refractivity contribution in [2.24, 2.45) is 0 Å². The Morgan fingerprint density at radius 2 is 2.28 bits per heavy atom. The van der Waals surface area contributed by atoms with E-state index in [2.05, 4.69) is 22.5 Å². The lowest BCUT2D eigenvalue weighted by Crippen LogP contribution is -2.34. The summed E-state index contributed by atoms with van der Waals surface area (Å²) in [6.45, 7) is 7.25. The van der Waals surface area contributed by atoms with E-state index >= 15 is 0 Å². The summed E-state index contributed by atoms with van der Waals surface area (Å²) < 4.78 is 6.02. The van der Waals surface area contributed by atoms with Crippen LogP contribution in [0.1, 0.15) is 15.9 Å². The molecule has 3 nitrogen and oxygen atoms in total. The summed E-state index contributed by atoms with van der Waals surface area (Å²) in [7, 11) is 1.63. The molecule has 0 N–H and O–H groups in total. The molecule has 18 heavy (non-hydrogen) atoms. The van der Waals surface area contributed by atoms with E-state index in [1.807, 2.05) is 25.1 Å². The van der Waals surface area contributed by atoms with E-state index in [1.54, 1.807) is 18.1 Å². The van der Waals surface area contributed by atoms with Crippen LogP contribution in [0.25, 0.3) is 0 Å². The molecule has 0 aliphatic rings. The van der Waals surface area contributed by atoms with Gasteiger partial charge in [-0.2, -0.15) is 0 Å². The van der Waals surface area contributed by atoms with Crippen LogP contribution in [-0.2, 0) is 4.74 Å². The predicted molar refractivity (Wildman–Crippen MR) is 76.9 cm³/mol. The molecule has 98 valence electrons. The molecule has 1 amide bonds. The van der Waals surface area contributed by atoms with Gasteiger partial charge in [-0.1, -0.05) is 22.0 Å². The molecular weight excluding hydrogens is 294 g/mol. The molecule has 0 bridgehead atoms. The normalized spacial score (nSPS) is 10.2. The van der Waals surface area contributed by atoms with E-state index in [1.165, 1.54) is 0 Å². The molecule has 0 atom stereocenters. The van der Waals surface area contributed by atoms with Crippen LogP contribution in [-0.4, -0.2) is 37.6 Å². The number of hydrogen-bond donors (Lipinski definition) is 0. The van der Waals surface area contributed by atoms with Crippen LogP contribution < -0.4 is 0 Å². The van der Waals surface area contributed by atoms with E-state index in [0.717, 1.165) is 10.0 Å². The second kappa shape index (κ2) is 7.34. The number of benzene rings is 1. The average molecular weight is 312 g/mol. The number of hydrogen-bond acceptors (Lipinski definition) is 2. The maximum atomic E-state index is 12.3. The molecular formula is C14H18BrNO2. The molecule has 4 heteroatoms. The Kier molecular flexibility index (Phi) is 6.09. The summed E-state index contributed by atoms with van der Waals surface area (Å²) in [5, 5.41) is 0. The minimum Gasteiger partial charge on any atom is -0.383 e. The molecule has 0 radical (unpaired) electrons.